The lowest BCUT2D eigenvalue weighted by Crippen LogP contribution is -2.41. The Kier molecular flexibility index (Phi) is 5.74. The van der Waals surface area contributed by atoms with Crippen LogP contribution in [0.15, 0.2) is 24.3 Å². The molecule has 23 heavy (non-hydrogen) atoms. The SMILES string of the molecule is CC(C)[C@H](N)C(=O)Nc1cccc(C2(C)NC(=O)NC2=O)c1.Cl. The molecule has 1 heterocycles. The van der Waals surface area contributed by atoms with Gasteiger partial charge in [-0.05, 0) is 30.5 Å². The van der Waals surface area contributed by atoms with Crippen LogP contribution in [0.25, 0.3) is 0 Å². The third kappa shape index (κ3) is 3.80. The summed E-state index contributed by atoms with van der Waals surface area (Å²) >= 11 is 0. The number of urea groups is 1. The van der Waals surface area contributed by atoms with Gasteiger partial charge >= 0.3 is 6.03 Å². The van der Waals surface area contributed by atoms with E-state index in [9.17, 15) is 14.4 Å². The van der Waals surface area contributed by atoms with Crippen molar-refractivity contribution < 1.29 is 14.4 Å². The molecule has 1 saturated heterocycles. The standard InChI is InChI=1S/C15H20N4O3.ClH/c1-8(2)11(16)12(20)17-10-6-4-5-9(7-10)15(3)13(21)18-14(22)19-15;/h4-8,11H,16H2,1-3H3,(H,17,20)(H2,18,19,21,22);1H/t11-,15?;/m0./s1. The highest BCUT2D eigenvalue weighted by Gasteiger charge is 2.43. The van der Waals surface area contributed by atoms with Crippen LogP contribution in [0.4, 0.5) is 10.5 Å². The molecule has 1 aromatic rings. The van der Waals surface area contributed by atoms with E-state index >= 15 is 0 Å². The lowest BCUT2D eigenvalue weighted by molar-refractivity contribution is -0.123. The summed E-state index contributed by atoms with van der Waals surface area (Å²) in [5.41, 5.74) is 5.74. The van der Waals surface area contributed by atoms with Crippen LogP contribution in [0.3, 0.4) is 0 Å². The molecular weight excluding hydrogens is 320 g/mol. The number of hydrogen-bond acceptors (Lipinski definition) is 4. The molecule has 2 rings (SSSR count). The Balaban J connectivity index is 0.00000264. The summed E-state index contributed by atoms with van der Waals surface area (Å²) in [5.74, 6) is -0.710. The molecular formula is C15H21ClN4O3. The van der Waals surface area contributed by atoms with Crippen molar-refractivity contribution >= 4 is 35.9 Å². The van der Waals surface area contributed by atoms with Gasteiger partial charge in [0.05, 0.1) is 6.04 Å². The number of imide groups is 1. The van der Waals surface area contributed by atoms with E-state index in [1.807, 2.05) is 13.8 Å². The monoisotopic (exact) mass is 340 g/mol. The maximum absolute atomic E-state index is 12.0. The second kappa shape index (κ2) is 6.97. The lowest BCUT2D eigenvalue weighted by atomic mass is 9.92. The van der Waals surface area contributed by atoms with Gasteiger partial charge in [0.1, 0.15) is 5.54 Å². The minimum absolute atomic E-state index is 0. The summed E-state index contributed by atoms with van der Waals surface area (Å²) in [6, 6.07) is 5.61. The average Bonchev–Trinajstić information content (AvgIpc) is 2.72. The van der Waals surface area contributed by atoms with Gasteiger partial charge in [-0.3, -0.25) is 14.9 Å². The molecule has 126 valence electrons. The van der Waals surface area contributed by atoms with Crippen molar-refractivity contribution in [3.8, 4) is 0 Å². The van der Waals surface area contributed by atoms with Crippen molar-refractivity contribution in [3.63, 3.8) is 0 Å². The minimum Gasteiger partial charge on any atom is -0.325 e. The Morgan fingerprint density at radius 2 is 1.96 bits per heavy atom. The smallest absolute Gasteiger partial charge is 0.322 e. The van der Waals surface area contributed by atoms with E-state index in [1.54, 1.807) is 31.2 Å². The van der Waals surface area contributed by atoms with E-state index in [0.29, 0.717) is 11.3 Å². The van der Waals surface area contributed by atoms with Crippen LogP contribution in [-0.4, -0.2) is 23.9 Å². The normalized spacial score (nSPS) is 21.3. The van der Waals surface area contributed by atoms with Crippen LogP contribution >= 0.6 is 12.4 Å². The quantitative estimate of drug-likeness (QED) is 0.614. The predicted molar refractivity (Wildman–Crippen MR) is 89.2 cm³/mol. The van der Waals surface area contributed by atoms with Crippen molar-refractivity contribution in [1.29, 1.82) is 0 Å². The van der Waals surface area contributed by atoms with Crippen molar-refractivity contribution in [2.75, 3.05) is 5.32 Å². The van der Waals surface area contributed by atoms with Crippen molar-refractivity contribution in [2.24, 2.45) is 11.7 Å². The van der Waals surface area contributed by atoms with Gasteiger partial charge < -0.3 is 16.4 Å². The fourth-order valence-corrected chi connectivity index (χ4v) is 2.18. The number of benzene rings is 1. The highest BCUT2D eigenvalue weighted by atomic mass is 35.5. The Morgan fingerprint density at radius 1 is 1.30 bits per heavy atom. The molecule has 0 aromatic heterocycles. The van der Waals surface area contributed by atoms with E-state index < -0.39 is 23.5 Å². The van der Waals surface area contributed by atoms with E-state index in [1.165, 1.54) is 0 Å². The van der Waals surface area contributed by atoms with Gasteiger partial charge in [-0.2, -0.15) is 0 Å². The first kappa shape index (κ1) is 18.9. The van der Waals surface area contributed by atoms with E-state index in [4.69, 9.17) is 5.73 Å². The third-order valence-electron chi connectivity index (χ3n) is 3.77. The van der Waals surface area contributed by atoms with Crippen LogP contribution in [0.1, 0.15) is 26.3 Å². The fraction of sp³-hybridized carbons (Fsp3) is 0.400. The zero-order valence-electron chi connectivity index (χ0n) is 13.2. The number of nitrogens with one attached hydrogen (secondary N) is 3. The van der Waals surface area contributed by atoms with Crippen molar-refractivity contribution in [2.45, 2.75) is 32.4 Å². The summed E-state index contributed by atoms with van der Waals surface area (Å²) in [7, 11) is 0. The summed E-state index contributed by atoms with van der Waals surface area (Å²) in [6.45, 7) is 5.33. The molecule has 0 saturated carbocycles. The van der Waals surface area contributed by atoms with Crippen molar-refractivity contribution in [3.05, 3.63) is 29.8 Å². The molecule has 0 aliphatic carbocycles. The van der Waals surface area contributed by atoms with Crippen LogP contribution in [-0.2, 0) is 15.1 Å². The molecule has 4 amide bonds. The van der Waals surface area contributed by atoms with Crippen LogP contribution in [0.2, 0.25) is 0 Å². The number of halogens is 1. The van der Waals surface area contributed by atoms with Gasteiger partial charge in [0.2, 0.25) is 5.91 Å². The predicted octanol–water partition coefficient (Wildman–Crippen LogP) is 1.08. The molecule has 1 unspecified atom stereocenters. The zero-order chi connectivity index (χ0) is 16.5. The van der Waals surface area contributed by atoms with Gasteiger partial charge in [-0.25, -0.2) is 4.79 Å². The Morgan fingerprint density at radius 3 is 2.48 bits per heavy atom. The topological polar surface area (TPSA) is 113 Å². The first-order valence-electron chi connectivity index (χ1n) is 7.04. The Labute approximate surface area is 140 Å². The highest BCUT2D eigenvalue weighted by Crippen LogP contribution is 2.26. The maximum atomic E-state index is 12.0. The first-order chi connectivity index (χ1) is 10.2. The molecule has 1 aliphatic heterocycles. The van der Waals surface area contributed by atoms with E-state index in [-0.39, 0.29) is 24.2 Å². The molecule has 7 nitrogen and oxygen atoms in total. The van der Waals surface area contributed by atoms with Gasteiger partial charge in [-0.15, -0.1) is 12.4 Å². The average molecular weight is 341 g/mol. The zero-order valence-corrected chi connectivity index (χ0v) is 14.0. The number of carbonyl (C=O) groups is 3. The van der Waals surface area contributed by atoms with E-state index in [0.717, 1.165) is 0 Å². The van der Waals surface area contributed by atoms with Crippen molar-refractivity contribution in [1.82, 2.24) is 10.6 Å². The van der Waals surface area contributed by atoms with Crippen LogP contribution in [0.5, 0.6) is 0 Å². The Hall–Kier alpha value is -2.12. The molecule has 0 radical (unpaired) electrons. The highest BCUT2D eigenvalue weighted by molar-refractivity contribution is 6.07. The number of carbonyl (C=O) groups excluding carboxylic acids is 3. The summed E-state index contributed by atoms with van der Waals surface area (Å²) < 4.78 is 0. The second-order valence-electron chi connectivity index (χ2n) is 5.87. The van der Waals surface area contributed by atoms with Gasteiger partial charge in [0, 0.05) is 5.69 Å². The van der Waals surface area contributed by atoms with Crippen LogP contribution in [0, 0.1) is 5.92 Å². The Bertz CT molecular complexity index is 635. The molecule has 8 heteroatoms. The molecule has 1 aliphatic rings. The lowest BCUT2D eigenvalue weighted by Gasteiger charge is -2.22. The third-order valence-corrected chi connectivity index (χ3v) is 3.77. The van der Waals surface area contributed by atoms with Gasteiger partial charge in [0.15, 0.2) is 0 Å². The molecule has 1 fully saturated rings. The molecule has 2 atom stereocenters. The van der Waals surface area contributed by atoms with E-state index in [2.05, 4.69) is 16.0 Å². The molecule has 5 N–H and O–H groups in total. The first-order valence-corrected chi connectivity index (χ1v) is 7.04. The summed E-state index contributed by atoms with van der Waals surface area (Å²) in [6.07, 6.45) is 0. The number of amides is 4. The summed E-state index contributed by atoms with van der Waals surface area (Å²) in [5, 5.41) is 7.51. The number of nitrogens with two attached hydrogens (primary N) is 1. The number of anilines is 1. The molecule has 0 spiro atoms. The minimum atomic E-state index is -1.15. The number of rotatable bonds is 4. The number of hydrogen-bond donors (Lipinski definition) is 4. The summed E-state index contributed by atoms with van der Waals surface area (Å²) in [4.78, 5) is 35.3. The molecule has 0 bridgehead atoms. The largest absolute Gasteiger partial charge is 0.325 e. The van der Waals surface area contributed by atoms with Crippen LogP contribution < -0.4 is 21.7 Å². The maximum Gasteiger partial charge on any atom is 0.322 e. The second-order valence-corrected chi connectivity index (χ2v) is 5.87. The van der Waals surface area contributed by atoms with Gasteiger partial charge in [-0.1, -0.05) is 26.0 Å². The molecule has 1 aromatic carbocycles. The van der Waals surface area contributed by atoms with Gasteiger partial charge in [0.25, 0.3) is 5.91 Å². The fourth-order valence-electron chi connectivity index (χ4n) is 2.18.